The third-order valence-corrected chi connectivity index (χ3v) is 5.56. The lowest BCUT2D eigenvalue weighted by Crippen LogP contribution is -2.12. The van der Waals surface area contributed by atoms with Crippen LogP contribution in [0.15, 0.2) is 30.3 Å². The van der Waals surface area contributed by atoms with Gasteiger partial charge >= 0.3 is 0 Å². The van der Waals surface area contributed by atoms with Crippen molar-refractivity contribution in [1.82, 2.24) is 4.98 Å². The summed E-state index contributed by atoms with van der Waals surface area (Å²) in [4.78, 5) is 18.3. The monoisotopic (exact) mass is 333 g/mol. The van der Waals surface area contributed by atoms with Gasteiger partial charge in [0.1, 0.15) is 11.1 Å². The number of aryl methyl sites for hydroxylation is 2. The van der Waals surface area contributed by atoms with Gasteiger partial charge in [-0.05, 0) is 49.9 Å². The van der Waals surface area contributed by atoms with E-state index in [4.69, 9.17) is 0 Å². The Labute approximate surface area is 143 Å². The number of nitrogens with one attached hydrogen (secondary N) is 1. The molecule has 1 N–H and O–H groups in total. The van der Waals surface area contributed by atoms with Crippen molar-refractivity contribution in [3.05, 3.63) is 57.6 Å². The first-order valence-corrected chi connectivity index (χ1v) is 8.71. The molecule has 4 rings (SSSR count). The Morgan fingerprint density at radius 1 is 1.29 bits per heavy atom. The van der Waals surface area contributed by atoms with Gasteiger partial charge in [0.15, 0.2) is 0 Å². The highest BCUT2D eigenvalue weighted by atomic mass is 32.1. The maximum absolute atomic E-state index is 12.6. The van der Waals surface area contributed by atoms with Crippen LogP contribution in [0.1, 0.15) is 38.5 Å². The standard InChI is InChI=1S/C19H15N3OS/c1-11-5-6-12-7-8-13(9-16(12)21-11)18(23)22-19-15(10-20)14-3-2-4-17(14)24-19/h5-9H,2-4H2,1H3,(H,22,23). The fraction of sp³-hybridized carbons (Fsp3) is 0.211. The fourth-order valence-corrected chi connectivity index (χ4v) is 4.38. The van der Waals surface area contributed by atoms with Crippen molar-refractivity contribution < 1.29 is 4.79 Å². The second-order valence-electron chi connectivity index (χ2n) is 5.99. The van der Waals surface area contributed by atoms with E-state index in [-0.39, 0.29) is 5.91 Å². The maximum atomic E-state index is 12.6. The molecular formula is C19H15N3OS. The minimum Gasteiger partial charge on any atom is -0.312 e. The van der Waals surface area contributed by atoms with Gasteiger partial charge in [-0.25, -0.2) is 0 Å². The van der Waals surface area contributed by atoms with Gasteiger partial charge in [0.25, 0.3) is 5.91 Å². The zero-order chi connectivity index (χ0) is 16.7. The average molecular weight is 333 g/mol. The molecule has 0 radical (unpaired) electrons. The summed E-state index contributed by atoms with van der Waals surface area (Å²) < 4.78 is 0. The highest BCUT2D eigenvalue weighted by Gasteiger charge is 2.23. The van der Waals surface area contributed by atoms with Crippen LogP contribution in [-0.4, -0.2) is 10.9 Å². The van der Waals surface area contributed by atoms with E-state index in [1.807, 2.05) is 25.1 Å². The summed E-state index contributed by atoms with van der Waals surface area (Å²) in [6.45, 7) is 1.93. The number of aromatic nitrogens is 1. The minimum absolute atomic E-state index is 0.198. The lowest BCUT2D eigenvalue weighted by molar-refractivity contribution is 0.102. The number of anilines is 1. The molecule has 0 saturated heterocycles. The van der Waals surface area contributed by atoms with Gasteiger partial charge in [-0.15, -0.1) is 11.3 Å². The quantitative estimate of drug-likeness (QED) is 0.763. The van der Waals surface area contributed by atoms with E-state index in [1.165, 1.54) is 16.2 Å². The maximum Gasteiger partial charge on any atom is 0.256 e. The van der Waals surface area contributed by atoms with E-state index in [2.05, 4.69) is 16.4 Å². The van der Waals surface area contributed by atoms with Gasteiger partial charge in [0.2, 0.25) is 0 Å². The van der Waals surface area contributed by atoms with Crippen molar-refractivity contribution in [2.45, 2.75) is 26.2 Å². The molecule has 4 nitrogen and oxygen atoms in total. The number of rotatable bonds is 2. The largest absolute Gasteiger partial charge is 0.312 e. The Morgan fingerprint density at radius 2 is 2.12 bits per heavy atom. The number of nitriles is 1. The normalized spacial score (nSPS) is 12.8. The first kappa shape index (κ1) is 14.9. The molecule has 1 aliphatic rings. The third-order valence-electron chi connectivity index (χ3n) is 4.35. The van der Waals surface area contributed by atoms with Gasteiger partial charge in [0.05, 0.1) is 11.1 Å². The van der Waals surface area contributed by atoms with Crippen LogP contribution in [0.5, 0.6) is 0 Å². The molecule has 24 heavy (non-hydrogen) atoms. The first-order chi connectivity index (χ1) is 11.7. The highest BCUT2D eigenvalue weighted by molar-refractivity contribution is 7.16. The molecule has 2 aromatic heterocycles. The molecule has 3 aromatic rings. The van der Waals surface area contributed by atoms with Crippen molar-refractivity contribution in [3.8, 4) is 6.07 Å². The Bertz CT molecular complexity index is 1010. The molecule has 0 bridgehead atoms. The van der Waals surface area contributed by atoms with E-state index < -0.39 is 0 Å². The number of carbonyl (C=O) groups excluding carboxylic acids is 1. The Balaban J connectivity index is 1.66. The van der Waals surface area contributed by atoms with Crippen LogP contribution >= 0.6 is 11.3 Å². The number of fused-ring (bicyclic) bond motifs is 2. The van der Waals surface area contributed by atoms with E-state index in [0.717, 1.165) is 41.4 Å². The second kappa shape index (κ2) is 5.73. The molecule has 1 aliphatic carbocycles. The fourth-order valence-electron chi connectivity index (χ4n) is 3.15. The molecule has 2 heterocycles. The Morgan fingerprint density at radius 3 is 2.96 bits per heavy atom. The van der Waals surface area contributed by atoms with Gasteiger partial charge in [-0.3, -0.25) is 9.78 Å². The molecule has 118 valence electrons. The zero-order valence-corrected chi connectivity index (χ0v) is 14.0. The molecular weight excluding hydrogens is 318 g/mol. The van der Waals surface area contributed by atoms with Crippen molar-refractivity contribution in [2.24, 2.45) is 0 Å². The molecule has 0 atom stereocenters. The van der Waals surface area contributed by atoms with Crippen molar-refractivity contribution >= 4 is 33.1 Å². The smallest absolute Gasteiger partial charge is 0.256 e. The van der Waals surface area contributed by atoms with Gasteiger partial charge < -0.3 is 5.32 Å². The summed E-state index contributed by atoms with van der Waals surface area (Å²) in [6, 6.07) is 11.7. The molecule has 1 aromatic carbocycles. The Hall–Kier alpha value is -2.71. The number of benzene rings is 1. The number of hydrogen-bond acceptors (Lipinski definition) is 4. The van der Waals surface area contributed by atoms with E-state index >= 15 is 0 Å². The number of nitrogens with zero attached hydrogens (tertiary/aromatic N) is 2. The summed E-state index contributed by atoms with van der Waals surface area (Å²) >= 11 is 1.53. The zero-order valence-electron chi connectivity index (χ0n) is 13.2. The molecule has 0 unspecified atom stereocenters. The molecule has 0 aliphatic heterocycles. The summed E-state index contributed by atoms with van der Waals surface area (Å²) in [7, 11) is 0. The van der Waals surface area contributed by atoms with Crippen LogP contribution in [0.2, 0.25) is 0 Å². The van der Waals surface area contributed by atoms with Crippen LogP contribution < -0.4 is 5.32 Å². The molecule has 1 amide bonds. The summed E-state index contributed by atoms with van der Waals surface area (Å²) in [5, 5.41) is 14.0. The van der Waals surface area contributed by atoms with Crippen LogP contribution in [0.4, 0.5) is 5.00 Å². The molecule has 0 saturated carbocycles. The summed E-state index contributed by atoms with van der Waals surface area (Å²) in [5.74, 6) is -0.198. The van der Waals surface area contributed by atoms with E-state index in [1.54, 1.807) is 12.1 Å². The number of pyridine rings is 1. The highest BCUT2D eigenvalue weighted by Crippen LogP contribution is 2.38. The first-order valence-electron chi connectivity index (χ1n) is 7.89. The molecule has 5 heteroatoms. The third kappa shape index (κ3) is 2.45. The summed E-state index contributed by atoms with van der Waals surface area (Å²) in [5.41, 5.74) is 4.03. The van der Waals surface area contributed by atoms with Gasteiger partial charge in [-0.2, -0.15) is 5.26 Å². The topological polar surface area (TPSA) is 65.8 Å². The second-order valence-corrected chi connectivity index (χ2v) is 7.09. The number of thiophene rings is 1. The number of hydrogen-bond donors (Lipinski definition) is 1. The van der Waals surface area contributed by atoms with Gasteiger partial charge in [0, 0.05) is 21.5 Å². The predicted octanol–water partition coefficient (Wildman–Crippen LogP) is 4.22. The van der Waals surface area contributed by atoms with Crippen LogP contribution in [0.3, 0.4) is 0 Å². The Kier molecular flexibility index (Phi) is 3.55. The van der Waals surface area contributed by atoms with E-state index in [9.17, 15) is 10.1 Å². The number of carbonyl (C=O) groups is 1. The minimum atomic E-state index is -0.198. The molecule has 0 spiro atoms. The van der Waals surface area contributed by atoms with Crippen LogP contribution in [-0.2, 0) is 12.8 Å². The van der Waals surface area contributed by atoms with Crippen molar-refractivity contribution in [2.75, 3.05) is 5.32 Å². The number of amides is 1. The predicted molar refractivity (Wildman–Crippen MR) is 95.5 cm³/mol. The van der Waals surface area contributed by atoms with Gasteiger partial charge in [-0.1, -0.05) is 12.1 Å². The lowest BCUT2D eigenvalue weighted by Gasteiger charge is -2.06. The molecule has 0 fully saturated rings. The lowest BCUT2D eigenvalue weighted by atomic mass is 10.1. The average Bonchev–Trinajstić information content (AvgIpc) is 3.14. The van der Waals surface area contributed by atoms with Crippen LogP contribution in [0.25, 0.3) is 10.9 Å². The SMILES string of the molecule is Cc1ccc2ccc(C(=O)Nc3sc4c(c3C#N)CCC4)cc2n1. The van der Waals surface area contributed by atoms with Crippen LogP contribution in [0, 0.1) is 18.3 Å². The van der Waals surface area contributed by atoms with E-state index in [0.29, 0.717) is 16.1 Å². The van der Waals surface area contributed by atoms with Crippen molar-refractivity contribution in [3.63, 3.8) is 0 Å². The van der Waals surface area contributed by atoms with Crippen molar-refractivity contribution in [1.29, 1.82) is 5.26 Å². The summed E-state index contributed by atoms with van der Waals surface area (Å²) in [6.07, 6.45) is 3.03.